The summed E-state index contributed by atoms with van der Waals surface area (Å²) in [6.07, 6.45) is 10.3. The number of nitrogens with zero attached hydrogens (tertiary/aromatic N) is 12. The Hall–Kier alpha value is -6.75. The van der Waals surface area contributed by atoms with Crippen LogP contribution in [-0.4, -0.2) is 116 Å². The van der Waals surface area contributed by atoms with E-state index in [0.29, 0.717) is 78.9 Å². The van der Waals surface area contributed by atoms with E-state index in [1.165, 1.54) is 29.0 Å². The topological polar surface area (TPSA) is 200 Å². The summed E-state index contributed by atoms with van der Waals surface area (Å²) >= 11 is 0. The van der Waals surface area contributed by atoms with Crippen molar-refractivity contribution in [3.8, 4) is 11.4 Å². The Kier molecular flexibility index (Phi) is 13.7. The number of likely N-dealkylation sites (N-methyl/N-ethyl adjacent to an activating group) is 2. The van der Waals surface area contributed by atoms with Crippen molar-refractivity contribution < 1.29 is 24.2 Å². The number of amides is 2. The predicted molar refractivity (Wildman–Crippen MR) is 204 cm³/mol. The molecule has 0 aliphatic rings. The number of carbonyl (C=O) groups excluding carboxylic acids is 3. The first kappa shape index (κ1) is 40.4. The van der Waals surface area contributed by atoms with E-state index in [1.807, 2.05) is 38.1 Å². The molecular formula is C39H44N12O5. The van der Waals surface area contributed by atoms with Gasteiger partial charge in [-0.25, -0.2) is 24.7 Å². The minimum Gasteiger partial charge on any atom is -0.464 e. The normalized spacial score (nSPS) is 11.0. The second-order valence-electron chi connectivity index (χ2n) is 12.7. The van der Waals surface area contributed by atoms with E-state index in [0.717, 1.165) is 0 Å². The molecular weight excluding hydrogens is 717 g/mol. The summed E-state index contributed by atoms with van der Waals surface area (Å²) < 4.78 is 4.67. The van der Waals surface area contributed by atoms with E-state index in [4.69, 9.17) is 0 Å². The molecule has 4 aromatic heterocycles. The highest BCUT2D eigenvalue weighted by Gasteiger charge is 2.22. The van der Waals surface area contributed by atoms with Gasteiger partial charge in [0.15, 0.2) is 5.69 Å². The van der Waals surface area contributed by atoms with Crippen LogP contribution in [0.1, 0.15) is 76.2 Å². The standard InChI is InChI=1S/C20H24N6O2.C19H20N6O3/c1-4-25(14-10-18-21-11-9-17(24-18)20(2,3)28)19(27)15-7-5-6-8-16(15)26-22-12-13-23-26;1-3-24(13-9-17-20-10-8-15(23-17)19(27)28-2)18(26)14-6-4-5-7-16(14)25-21-11-12-22-25/h5-9,11-13,28H,4,10,14H2,1-3H3;4-8,10-12H,3,9,13H2,1-2H3. The molecule has 4 heterocycles. The van der Waals surface area contributed by atoms with Gasteiger partial charge in [-0.3, -0.25) is 9.59 Å². The molecule has 17 nitrogen and oxygen atoms in total. The molecule has 0 aliphatic heterocycles. The van der Waals surface area contributed by atoms with Gasteiger partial charge < -0.3 is 19.6 Å². The quantitative estimate of drug-likeness (QED) is 0.158. The number of rotatable bonds is 14. The van der Waals surface area contributed by atoms with Crippen LogP contribution in [0.15, 0.2) is 97.8 Å². The fourth-order valence-corrected chi connectivity index (χ4v) is 5.55. The first-order valence-electron chi connectivity index (χ1n) is 18.0. The summed E-state index contributed by atoms with van der Waals surface area (Å²) in [5.41, 5.74) is 2.00. The summed E-state index contributed by atoms with van der Waals surface area (Å²) in [4.78, 5) is 61.1. The van der Waals surface area contributed by atoms with E-state index >= 15 is 0 Å². The molecule has 56 heavy (non-hydrogen) atoms. The number of benzene rings is 2. The van der Waals surface area contributed by atoms with Gasteiger partial charge in [-0.05, 0) is 64.1 Å². The van der Waals surface area contributed by atoms with Crippen molar-refractivity contribution in [2.75, 3.05) is 33.3 Å². The highest BCUT2D eigenvalue weighted by atomic mass is 16.5. The van der Waals surface area contributed by atoms with Gasteiger partial charge in [-0.2, -0.15) is 30.0 Å². The van der Waals surface area contributed by atoms with Crippen molar-refractivity contribution in [2.24, 2.45) is 0 Å². The number of methoxy groups -OCH3 is 1. The lowest BCUT2D eigenvalue weighted by atomic mass is 10.1. The van der Waals surface area contributed by atoms with Crippen LogP contribution in [0, 0.1) is 0 Å². The van der Waals surface area contributed by atoms with Gasteiger partial charge in [0.2, 0.25) is 0 Å². The minimum atomic E-state index is -1.03. The summed E-state index contributed by atoms with van der Waals surface area (Å²) in [5, 5.41) is 26.6. The molecule has 0 saturated heterocycles. The number of carbonyl (C=O) groups is 3. The molecule has 0 bridgehead atoms. The number of aliphatic hydroxyl groups is 1. The molecule has 0 saturated carbocycles. The summed E-state index contributed by atoms with van der Waals surface area (Å²) in [6, 6.07) is 17.6. The maximum absolute atomic E-state index is 13.1. The van der Waals surface area contributed by atoms with Crippen LogP contribution in [0.3, 0.4) is 0 Å². The highest BCUT2D eigenvalue weighted by molar-refractivity contribution is 5.98. The fraction of sp³-hybridized carbons (Fsp3) is 0.308. The Morgan fingerprint density at radius 3 is 1.55 bits per heavy atom. The summed E-state index contributed by atoms with van der Waals surface area (Å²) in [6.45, 7) is 9.12. The number of para-hydroxylation sites is 2. The van der Waals surface area contributed by atoms with Gasteiger partial charge >= 0.3 is 5.97 Å². The molecule has 0 spiro atoms. The molecule has 0 radical (unpaired) electrons. The maximum Gasteiger partial charge on any atom is 0.356 e. The van der Waals surface area contributed by atoms with Gasteiger partial charge in [-0.1, -0.05) is 24.3 Å². The third kappa shape index (κ3) is 10.3. The number of ether oxygens (including phenoxy) is 1. The fourth-order valence-electron chi connectivity index (χ4n) is 5.55. The van der Waals surface area contributed by atoms with Crippen LogP contribution in [0.4, 0.5) is 0 Å². The number of hydrogen-bond acceptors (Lipinski definition) is 13. The predicted octanol–water partition coefficient (Wildman–Crippen LogP) is 3.54. The largest absolute Gasteiger partial charge is 0.464 e. The Labute approximate surface area is 324 Å². The van der Waals surface area contributed by atoms with E-state index in [9.17, 15) is 19.5 Å². The molecule has 17 heteroatoms. The second kappa shape index (κ2) is 19.0. The number of aromatic nitrogens is 10. The van der Waals surface area contributed by atoms with Gasteiger partial charge in [0.05, 0.1) is 60.1 Å². The zero-order valence-corrected chi connectivity index (χ0v) is 31.9. The molecule has 0 atom stereocenters. The van der Waals surface area contributed by atoms with Crippen LogP contribution in [0.25, 0.3) is 11.4 Å². The van der Waals surface area contributed by atoms with E-state index < -0.39 is 11.6 Å². The molecule has 0 unspecified atom stereocenters. The van der Waals surface area contributed by atoms with Gasteiger partial charge in [0.1, 0.15) is 17.2 Å². The Morgan fingerprint density at radius 1 is 0.661 bits per heavy atom. The zero-order chi connectivity index (χ0) is 40.1. The maximum atomic E-state index is 13.1. The highest BCUT2D eigenvalue weighted by Crippen LogP contribution is 2.19. The van der Waals surface area contributed by atoms with Crippen LogP contribution in [0.2, 0.25) is 0 Å². The molecule has 0 aliphatic carbocycles. The average molecular weight is 761 g/mol. The first-order chi connectivity index (χ1) is 27.0. The molecule has 0 fully saturated rings. The lowest BCUT2D eigenvalue weighted by Gasteiger charge is -2.22. The van der Waals surface area contributed by atoms with Crippen LogP contribution < -0.4 is 0 Å². The molecule has 2 amide bonds. The van der Waals surface area contributed by atoms with E-state index in [2.05, 4.69) is 45.1 Å². The lowest BCUT2D eigenvalue weighted by Crippen LogP contribution is -2.34. The molecule has 6 aromatic rings. The Morgan fingerprint density at radius 2 is 1.11 bits per heavy atom. The van der Waals surface area contributed by atoms with Crippen molar-refractivity contribution in [2.45, 2.75) is 46.1 Å². The van der Waals surface area contributed by atoms with Gasteiger partial charge in [0, 0.05) is 51.4 Å². The lowest BCUT2D eigenvalue weighted by molar-refractivity contribution is 0.0592. The molecule has 290 valence electrons. The third-order valence-corrected chi connectivity index (χ3v) is 8.52. The minimum absolute atomic E-state index is 0.103. The summed E-state index contributed by atoms with van der Waals surface area (Å²) in [5.74, 6) is 0.297. The van der Waals surface area contributed by atoms with Crippen LogP contribution >= 0.6 is 0 Å². The number of esters is 1. The average Bonchev–Trinajstić information content (AvgIpc) is 3.97. The van der Waals surface area contributed by atoms with Crippen molar-refractivity contribution in [3.05, 3.63) is 132 Å². The van der Waals surface area contributed by atoms with Crippen molar-refractivity contribution in [1.82, 2.24) is 59.7 Å². The monoisotopic (exact) mass is 760 g/mol. The number of hydrogen-bond donors (Lipinski definition) is 1. The molecule has 6 rings (SSSR count). The van der Waals surface area contributed by atoms with Crippen LogP contribution in [-0.2, 0) is 23.2 Å². The van der Waals surface area contributed by atoms with Gasteiger partial charge in [0.25, 0.3) is 11.8 Å². The van der Waals surface area contributed by atoms with Gasteiger partial charge in [-0.15, -0.1) is 0 Å². The van der Waals surface area contributed by atoms with Crippen molar-refractivity contribution in [1.29, 1.82) is 0 Å². The smallest absolute Gasteiger partial charge is 0.356 e. The first-order valence-corrected chi connectivity index (χ1v) is 18.0. The Balaban J connectivity index is 0.000000214. The van der Waals surface area contributed by atoms with E-state index in [-0.39, 0.29) is 17.5 Å². The van der Waals surface area contributed by atoms with Crippen LogP contribution in [0.5, 0.6) is 0 Å². The Bertz CT molecular complexity index is 2200. The van der Waals surface area contributed by atoms with Crippen molar-refractivity contribution in [3.63, 3.8) is 0 Å². The summed E-state index contributed by atoms with van der Waals surface area (Å²) in [7, 11) is 1.30. The third-order valence-electron chi connectivity index (χ3n) is 8.52. The zero-order valence-electron chi connectivity index (χ0n) is 31.9. The molecule has 2 aromatic carbocycles. The SMILES string of the molecule is CCN(CCc1nccc(C(=O)OC)n1)C(=O)c1ccccc1-n1nccn1.CCN(CCc1nccc(C(C)(C)O)n1)C(=O)c1ccccc1-n1nccn1. The second-order valence-corrected chi connectivity index (χ2v) is 12.7. The van der Waals surface area contributed by atoms with E-state index in [1.54, 1.807) is 85.0 Å². The molecule has 1 N–H and O–H groups in total. The van der Waals surface area contributed by atoms with Crippen molar-refractivity contribution >= 4 is 17.8 Å².